The molecule has 1 saturated heterocycles. The Kier molecular flexibility index (Phi) is 2.26. The first-order valence-corrected chi connectivity index (χ1v) is 9.17. The Balaban J connectivity index is 1.15. The van der Waals surface area contributed by atoms with Gasteiger partial charge in [-0.15, -0.1) is 0 Å². The van der Waals surface area contributed by atoms with Crippen LogP contribution >= 0.6 is 0 Å². The Morgan fingerprint density at radius 3 is 2.67 bits per heavy atom. The average Bonchev–Trinajstić information content (AvgIpc) is 3.49. The van der Waals surface area contributed by atoms with Crippen molar-refractivity contribution in [3.05, 3.63) is 18.2 Å². The number of likely N-dealkylation sites (tertiary alicyclic amines) is 1. The van der Waals surface area contributed by atoms with Crippen molar-refractivity contribution in [2.45, 2.75) is 50.7 Å². The molecule has 3 atom stereocenters. The summed E-state index contributed by atoms with van der Waals surface area (Å²) in [5.74, 6) is 1.18. The lowest BCUT2D eigenvalue weighted by atomic mass is 9.91. The highest BCUT2D eigenvalue weighted by Gasteiger charge is 2.70. The van der Waals surface area contributed by atoms with Crippen molar-refractivity contribution in [2.24, 2.45) is 22.4 Å². The van der Waals surface area contributed by atoms with Crippen molar-refractivity contribution >= 4 is 11.6 Å². The zero-order chi connectivity index (χ0) is 16.1. The highest BCUT2D eigenvalue weighted by Crippen LogP contribution is 2.66. The van der Waals surface area contributed by atoms with E-state index in [1.165, 1.54) is 18.6 Å². The second-order valence-corrected chi connectivity index (χ2v) is 8.63. The van der Waals surface area contributed by atoms with Crippen LogP contribution in [0.15, 0.2) is 17.7 Å². The highest BCUT2D eigenvalue weighted by atomic mass is 16.7. The zero-order valence-electron chi connectivity index (χ0n) is 13.9. The largest absolute Gasteiger partial charge is 0.389 e. The minimum Gasteiger partial charge on any atom is -0.389 e. The molecule has 3 saturated carbocycles. The maximum Gasteiger partial charge on any atom is 0.274 e. The van der Waals surface area contributed by atoms with Crippen LogP contribution in [0.4, 0.5) is 0 Å². The predicted octanol–water partition coefficient (Wildman–Crippen LogP) is 2.24. The summed E-state index contributed by atoms with van der Waals surface area (Å²) < 4.78 is 2.09. The van der Waals surface area contributed by atoms with E-state index < -0.39 is 0 Å². The number of oxime groups is 1. The third kappa shape index (κ3) is 1.69. The van der Waals surface area contributed by atoms with Crippen LogP contribution in [0, 0.1) is 17.3 Å². The Morgan fingerprint density at radius 1 is 1.29 bits per heavy atom. The van der Waals surface area contributed by atoms with E-state index in [1.54, 1.807) is 0 Å². The standard InChI is InChI=1S/C18H22N4O2/c1-17(15-6-18(4-5-18)24-20-15)12-7-21(8-13(12)17)16(23)14-9-22(10-19-14)11-2-3-11/h9-13H,2-8H2,1H3/t12-,13+,17+. The summed E-state index contributed by atoms with van der Waals surface area (Å²) in [6, 6.07) is 0.574. The smallest absolute Gasteiger partial charge is 0.274 e. The molecule has 3 aliphatic carbocycles. The zero-order valence-corrected chi connectivity index (χ0v) is 13.9. The number of rotatable bonds is 3. The summed E-state index contributed by atoms with van der Waals surface area (Å²) in [4.78, 5) is 24.7. The van der Waals surface area contributed by atoms with Gasteiger partial charge < -0.3 is 14.3 Å². The molecule has 1 amide bonds. The van der Waals surface area contributed by atoms with Crippen LogP contribution in [0.3, 0.4) is 0 Å². The Labute approximate surface area is 140 Å². The van der Waals surface area contributed by atoms with Crippen LogP contribution < -0.4 is 0 Å². The molecule has 5 aliphatic rings. The number of hydrogen-bond acceptors (Lipinski definition) is 4. The monoisotopic (exact) mass is 326 g/mol. The summed E-state index contributed by atoms with van der Waals surface area (Å²) in [6.07, 6.45) is 9.47. The van der Waals surface area contributed by atoms with Gasteiger partial charge in [-0.25, -0.2) is 4.98 Å². The van der Waals surface area contributed by atoms with Gasteiger partial charge >= 0.3 is 0 Å². The fourth-order valence-corrected chi connectivity index (χ4v) is 4.87. The first kappa shape index (κ1) is 13.4. The molecule has 1 spiro atoms. The van der Waals surface area contributed by atoms with Gasteiger partial charge in [0.05, 0.1) is 12.0 Å². The van der Waals surface area contributed by atoms with E-state index in [2.05, 4.69) is 21.6 Å². The van der Waals surface area contributed by atoms with Crippen molar-refractivity contribution in [1.29, 1.82) is 0 Å². The molecule has 2 aliphatic heterocycles. The van der Waals surface area contributed by atoms with Crippen molar-refractivity contribution < 1.29 is 9.63 Å². The minimum absolute atomic E-state index is 0.0698. The van der Waals surface area contributed by atoms with Crippen LogP contribution in [0.5, 0.6) is 0 Å². The van der Waals surface area contributed by atoms with Crippen LogP contribution in [-0.4, -0.2) is 44.8 Å². The van der Waals surface area contributed by atoms with Gasteiger partial charge in [-0.1, -0.05) is 12.1 Å². The average molecular weight is 326 g/mol. The number of carbonyl (C=O) groups is 1. The maximum atomic E-state index is 12.7. The van der Waals surface area contributed by atoms with Gasteiger partial charge in [-0.05, 0) is 37.5 Å². The molecule has 0 aromatic carbocycles. The summed E-state index contributed by atoms with van der Waals surface area (Å²) in [5.41, 5.74) is 2.08. The van der Waals surface area contributed by atoms with Gasteiger partial charge in [0, 0.05) is 37.2 Å². The lowest BCUT2D eigenvalue weighted by Gasteiger charge is -2.23. The fourth-order valence-electron chi connectivity index (χ4n) is 4.87. The minimum atomic E-state index is 0.0698. The van der Waals surface area contributed by atoms with Gasteiger partial charge in [-0.2, -0.15) is 0 Å². The van der Waals surface area contributed by atoms with Crippen LogP contribution in [0.25, 0.3) is 0 Å². The second-order valence-electron chi connectivity index (χ2n) is 8.63. The van der Waals surface area contributed by atoms with E-state index >= 15 is 0 Å². The van der Waals surface area contributed by atoms with Crippen molar-refractivity contribution in [3.8, 4) is 0 Å². The third-order valence-corrected chi connectivity index (χ3v) is 7.10. The molecule has 24 heavy (non-hydrogen) atoms. The van der Waals surface area contributed by atoms with E-state index in [0.717, 1.165) is 32.4 Å². The fraction of sp³-hybridized carbons (Fsp3) is 0.722. The number of aromatic nitrogens is 2. The number of imidazole rings is 1. The summed E-state index contributed by atoms with van der Waals surface area (Å²) in [7, 11) is 0. The SMILES string of the molecule is C[C@]1(C2=NOC3(CC3)C2)[C@@H]2CN(C(=O)c3cn(C4CC4)cn3)C[C@@H]21. The molecule has 0 N–H and O–H groups in total. The highest BCUT2D eigenvalue weighted by molar-refractivity contribution is 5.97. The summed E-state index contributed by atoms with van der Waals surface area (Å²) >= 11 is 0. The molecular formula is C18H22N4O2. The Hall–Kier alpha value is -1.85. The van der Waals surface area contributed by atoms with Gasteiger partial charge in [0.1, 0.15) is 11.3 Å². The van der Waals surface area contributed by atoms with Crippen molar-refractivity contribution in [2.75, 3.05) is 13.1 Å². The first-order valence-electron chi connectivity index (χ1n) is 9.17. The van der Waals surface area contributed by atoms with Gasteiger partial charge in [0.2, 0.25) is 0 Å². The summed E-state index contributed by atoms with van der Waals surface area (Å²) in [6.45, 7) is 3.99. The topological polar surface area (TPSA) is 59.7 Å². The van der Waals surface area contributed by atoms with Crippen molar-refractivity contribution in [1.82, 2.24) is 14.5 Å². The number of hydrogen-bond donors (Lipinski definition) is 0. The predicted molar refractivity (Wildman–Crippen MR) is 86.6 cm³/mol. The van der Waals surface area contributed by atoms with Crippen LogP contribution in [-0.2, 0) is 4.84 Å². The molecule has 0 unspecified atom stereocenters. The quantitative estimate of drug-likeness (QED) is 0.856. The van der Waals surface area contributed by atoms with Crippen LogP contribution in [0.2, 0.25) is 0 Å². The molecule has 4 fully saturated rings. The number of amides is 1. The van der Waals surface area contributed by atoms with Crippen molar-refractivity contribution in [3.63, 3.8) is 0 Å². The van der Waals surface area contributed by atoms with E-state index in [9.17, 15) is 4.79 Å². The normalized spacial score (nSPS) is 38.0. The lowest BCUT2D eigenvalue weighted by molar-refractivity contribution is 0.0650. The molecule has 126 valence electrons. The molecule has 6 heteroatoms. The molecule has 6 rings (SSSR count). The Bertz CT molecular complexity index is 762. The third-order valence-electron chi connectivity index (χ3n) is 7.10. The molecule has 1 aromatic heterocycles. The second kappa shape index (κ2) is 4.03. The molecule has 1 aromatic rings. The van der Waals surface area contributed by atoms with E-state index in [1.807, 2.05) is 17.4 Å². The number of fused-ring (bicyclic) bond motifs is 1. The Morgan fingerprint density at radius 2 is 2.04 bits per heavy atom. The molecule has 6 nitrogen and oxygen atoms in total. The lowest BCUT2D eigenvalue weighted by Crippen LogP contribution is -2.35. The van der Waals surface area contributed by atoms with Gasteiger partial charge in [0.25, 0.3) is 5.91 Å². The van der Waals surface area contributed by atoms with Crippen LogP contribution in [0.1, 0.15) is 55.6 Å². The number of carbonyl (C=O) groups excluding carboxylic acids is 1. The van der Waals surface area contributed by atoms with Gasteiger partial charge in [-0.3, -0.25) is 4.79 Å². The number of nitrogens with zero attached hydrogens (tertiary/aromatic N) is 4. The summed E-state index contributed by atoms with van der Waals surface area (Å²) in [5, 5.41) is 4.42. The van der Waals surface area contributed by atoms with E-state index in [-0.39, 0.29) is 16.9 Å². The maximum absolute atomic E-state index is 12.7. The van der Waals surface area contributed by atoms with E-state index in [0.29, 0.717) is 23.6 Å². The molecule has 0 bridgehead atoms. The molecule has 0 radical (unpaired) electrons. The molecule has 3 heterocycles. The van der Waals surface area contributed by atoms with Gasteiger partial charge in [0.15, 0.2) is 0 Å². The van der Waals surface area contributed by atoms with E-state index in [4.69, 9.17) is 4.84 Å². The molecular weight excluding hydrogens is 304 g/mol. The first-order chi connectivity index (χ1) is 11.6. The number of piperidine rings is 1.